The highest BCUT2D eigenvalue weighted by Crippen LogP contribution is 2.06. The van der Waals surface area contributed by atoms with Crippen LogP contribution in [-0.2, 0) is 28.5 Å². The largest absolute Gasteiger partial charge is 0.463 e. The molecule has 1 aliphatic rings. The summed E-state index contributed by atoms with van der Waals surface area (Å²) >= 11 is 0. The number of hydrogen-bond donors (Lipinski definition) is 1. The number of rotatable bonds is 18. The maximum atomic E-state index is 11.5. The number of esters is 1. The average molecular weight is 390 g/mol. The van der Waals surface area contributed by atoms with Crippen molar-refractivity contribution in [3.05, 3.63) is 0 Å². The number of piperidine rings is 1. The van der Waals surface area contributed by atoms with E-state index in [0.717, 1.165) is 38.8 Å². The fourth-order valence-corrected chi connectivity index (χ4v) is 2.76. The van der Waals surface area contributed by atoms with Crippen molar-refractivity contribution >= 4 is 5.97 Å². The highest BCUT2D eigenvalue weighted by Gasteiger charge is 2.12. The standard InChI is InChI=1S/C20H39NO6/c1-2-3-4-5-6-20(22)27-18-16-25-14-12-23-11-13-24-15-17-26-19-7-9-21-10-8-19/h19,21H,2-18H2,1H3. The fraction of sp³-hybridized carbons (Fsp3) is 0.950. The highest BCUT2D eigenvalue weighted by atomic mass is 16.6. The van der Waals surface area contributed by atoms with Gasteiger partial charge in [-0.1, -0.05) is 26.2 Å². The second-order valence-corrected chi connectivity index (χ2v) is 6.69. The van der Waals surface area contributed by atoms with E-state index in [1.807, 2.05) is 0 Å². The Bertz CT molecular complexity index is 336. The van der Waals surface area contributed by atoms with Crippen LogP contribution in [0.5, 0.6) is 0 Å². The summed E-state index contributed by atoms with van der Waals surface area (Å²) in [5, 5.41) is 3.32. The SMILES string of the molecule is CCCCCCC(=O)OCCOCCOCCOCCOC1CCNCC1. The van der Waals surface area contributed by atoms with E-state index in [4.69, 9.17) is 23.7 Å². The quantitative estimate of drug-likeness (QED) is 0.285. The van der Waals surface area contributed by atoms with E-state index in [2.05, 4.69) is 12.2 Å². The first-order valence-electron chi connectivity index (χ1n) is 10.5. The van der Waals surface area contributed by atoms with Gasteiger partial charge in [0.15, 0.2) is 0 Å². The van der Waals surface area contributed by atoms with Crippen LogP contribution < -0.4 is 5.32 Å². The van der Waals surface area contributed by atoms with Gasteiger partial charge in [0.1, 0.15) is 6.61 Å². The lowest BCUT2D eigenvalue weighted by molar-refractivity contribution is -0.145. The first-order chi connectivity index (χ1) is 13.3. The van der Waals surface area contributed by atoms with Crippen LogP contribution in [0.25, 0.3) is 0 Å². The third-order valence-corrected chi connectivity index (χ3v) is 4.34. The van der Waals surface area contributed by atoms with Crippen LogP contribution in [0, 0.1) is 0 Å². The smallest absolute Gasteiger partial charge is 0.305 e. The Morgan fingerprint density at radius 1 is 0.815 bits per heavy atom. The number of carbonyl (C=O) groups excluding carboxylic acids is 1. The van der Waals surface area contributed by atoms with Crippen molar-refractivity contribution in [3.8, 4) is 0 Å². The van der Waals surface area contributed by atoms with E-state index >= 15 is 0 Å². The van der Waals surface area contributed by atoms with Crippen molar-refractivity contribution in [2.24, 2.45) is 0 Å². The second-order valence-electron chi connectivity index (χ2n) is 6.69. The third-order valence-electron chi connectivity index (χ3n) is 4.34. The minimum atomic E-state index is -0.132. The summed E-state index contributed by atoms with van der Waals surface area (Å²) in [4.78, 5) is 11.5. The second kappa shape index (κ2) is 18.6. The molecular formula is C20H39NO6. The molecule has 0 aliphatic carbocycles. The molecule has 0 bridgehead atoms. The fourth-order valence-electron chi connectivity index (χ4n) is 2.76. The minimum absolute atomic E-state index is 0.132. The van der Waals surface area contributed by atoms with Crippen molar-refractivity contribution in [3.63, 3.8) is 0 Å². The molecule has 27 heavy (non-hydrogen) atoms. The van der Waals surface area contributed by atoms with Crippen LogP contribution in [0.15, 0.2) is 0 Å². The van der Waals surface area contributed by atoms with Gasteiger partial charge in [-0.15, -0.1) is 0 Å². The van der Waals surface area contributed by atoms with E-state index < -0.39 is 0 Å². The first kappa shape index (κ1) is 24.3. The van der Waals surface area contributed by atoms with Gasteiger partial charge in [0.2, 0.25) is 0 Å². The summed E-state index contributed by atoms with van der Waals surface area (Å²) in [5.41, 5.74) is 0. The molecule has 1 saturated heterocycles. The maximum absolute atomic E-state index is 11.5. The third kappa shape index (κ3) is 16.0. The van der Waals surface area contributed by atoms with E-state index in [-0.39, 0.29) is 5.97 Å². The van der Waals surface area contributed by atoms with Gasteiger partial charge in [0, 0.05) is 6.42 Å². The van der Waals surface area contributed by atoms with Crippen LogP contribution in [0.4, 0.5) is 0 Å². The number of hydrogen-bond acceptors (Lipinski definition) is 7. The Labute approximate surface area is 164 Å². The summed E-state index contributed by atoms with van der Waals surface area (Å²) in [5.74, 6) is -0.132. The molecular weight excluding hydrogens is 350 g/mol. The molecule has 1 rings (SSSR count). The van der Waals surface area contributed by atoms with Crippen LogP contribution in [-0.4, -0.2) is 78.0 Å². The van der Waals surface area contributed by atoms with Gasteiger partial charge in [0.25, 0.3) is 0 Å². The monoisotopic (exact) mass is 389 g/mol. The molecule has 0 aromatic rings. The van der Waals surface area contributed by atoms with Gasteiger partial charge in [0.05, 0.1) is 52.4 Å². The molecule has 0 amide bonds. The Balaban J connectivity index is 1.71. The Hall–Kier alpha value is -0.730. The van der Waals surface area contributed by atoms with Gasteiger partial charge < -0.3 is 29.0 Å². The van der Waals surface area contributed by atoms with E-state index in [1.165, 1.54) is 12.8 Å². The lowest BCUT2D eigenvalue weighted by atomic mass is 10.1. The topological polar surface area (TPSA) is 75.3 Å². The van der Waals surface area contributed by atoms with E-state index in [9.17, 15) is 4.79 Å². The van der Waals surface area contributed by atoms with Gasteiger partial charge in [-0.05, 0) is 32.4 Å². The van der Waals surface area contributed by atoms with E-state index in [0.29, 0.717) is 65.4 Å². The number of carbonyl (C=O) groups is 1. The number of unbranched alkanes of at least 4 members (excludes halogenated alkanes) is 3. The van der Waals surface area contributed by atoms with Gasteiger partial charge in [-0.2, -0.15) is 0 Å². The molecule has 1 aliphatic heterocycles. The van der Waals surface area contributed by atoms with Gasteiger partial charge in [-0.25, -0.2) is 0 Å². The van der Waals surface area contributed by atoms with Crippen LogP contribution in [0.2, 0.25) is 0 Å². The van der Waals surface area contributed by atoms with Crippen molar-refractivity contribution in [1.29, 1.82) is 0 Å². The summed E-state index contributed by atoms with van der Waals surface area (Å²) < 4.78 is 27.1. The Kier molecular flexibility index (Phi) is 16.8. The van der Waals surface area contributed by atoms with Crippen LogP contribution in [0.3, 0.4) is 0 Å². The molecule has 160 valence electrons. The molecule has 1 N–H and O–H groups in total. The lowest BCUT2D eigenvalue weighted by Gasteiger charge is -2.22. The molecule has 0 saturated carbocycles. The molecule has 0 radical (unpaired) electrons. The molecule has 1 fully saturated rings. The lowest BCUT2D eigenvalue weighted by Crippen LogP contribution is -2.33. The normalized spacial score (nSPS) is 15.1. The molecule has 0 aromatic carbocycles. The van der Waals surface area contributed by atoms with Crippen molar-refractivity contribution in [2.45, 2.75) is 58.0 Å². The number of nitrogens with one attached hydrogen (secondary N) is 1. The van der Waals surface area contributed by atoms with Crippen molar-refractivity contribution in [1.82, 2.24) is 5.32 Å². The highest BCUT2D eigenvalue weighted by molar-refractivity contribution is 5.69. The summed E-state index contributed by atoms with van der Waals surface area (Å²) in [6.07, 6.45) is 7.40. The average Bonchev–Trinajstić information content (AvgIpc) is 2.69. The maximum Gasteiger partial charge on any atom is 0.305 e. The van der Waals surface area contributed by atoms with Gasteiger partial charge >= 0.3 is 5.97 Å². The Morgan fingerprint density at radius 2 is 1.41 bits per heavy atom. The van der Waals surface area contributed by atoms with Crippen LogP contribution in [0.1, 0.15) is 51.9 Å². The summed E-state index contributed by atoms with van der Waals surface area (Å²) in [7, 11) is 0. The number of ether oxygens (including phenoxy) is 5. The molecule has 0 spiro atoms. The minimum Gasteiger partial charge on any atom is -0.463 e. The molecule has 0 atom stereocenters. The predicted octanol–water partition coefficient (Wildman–Crippen LogP) is 2.32. The zero-order valence-electron chi connectivity index (χ0n) is 17.0. The Morgan fingerprint density at radius 3 is 2.04 bits per heavy atom. The molecule has 1 heterocycles. The summed E-state index contributed by atoms with van der Waals surface area (Å²) in [6.45, 7) is 8.33. The summed E-state index contributed by atoms with van der Waals surface area (Å²) in [6, 6.07) is 0. The molecule has 0 aromatic heterocycles. The van der Waals surface area contributed by atoms with E-state index in [1.54, 1.807) is 0 Å². The van der Waals surface area contributed by atoms with Crippen LogP contribution >= 0.6 is 0 Å². The van der Waals surface area contributed by atoms with Crippen molar-refractivity contribution in [2.75, 3.05) is 65.9 Å². The van der Waals surface area contributed by atoms with Crippen molar-refractivity contribution < 1.29 is 28.5 Å². The first-order valence-corrected chi connectivity index (χ1v) is 10.5. The molecule has 7 nitrogen and oxygen atoms in total. The van der Waals surface area contributed by atoms with Gasteiger partial charge in [-0.3, -0.25) is 4.79 Å². The molecule has 7 heteroatoms. The molecule has 0 unspecified atom stereocenters. The zero-order valence-corrected chi connectivity index (χ0v) is 17.0. The zero-order chi connectivity index (χ0) is 19.4. The predicted molar refractivity (Wildman–Crippen MR) is 104 cm³/mol.